The van der Waals surface area contributed by atoms with Gasteiger partial charge >= 0.3 is 0 Å². The minimum Gasteiger partial charge on any atom is -0.497 e. The van der Waals surface area contributed by atoms with Gasteiger partial charge in [0.25, 0.3) is 15.2 Å². The summed E-state index contributed by atoms with van der Waals surface area (Å²) in [6, 6.07) is 12.6. The minimum atomic E-state index is -3.74. The maximum Gasteiger partial charge on any atom is 0.277 e. The summed E-state index contributed by atoms with van der Waals surface area (Å²) < 4.78 is 38.3. The number of methoxy groups -OCH3 is 1. The molecule has 1 aromatic heterocycles. The molecule has 0 saturated carbocycles. The number of carbonyl (C=O) groups is 1. The molecule has 3 aromatic rings. The van der Waals surface area contributed by atoms with Gasteiger partial charge in [0.15, 0.2) is 0 Å². The Morgan fingerprint density at radius 3 is 2.31 bits per heavy atom. The Morgan fingerprint density at radius 1 is 1.06 bits per heavy atom. The summed E-state index contributed by atoms with van der Waals surface area (Å²) in [6.45, 7) is 5.71. The van der Waals surface area contributed by atoms with Crippen LogP contribution in [-0.4, -0.2) is 42.9 Å². The number of ether oxygens (including phenoxy) is 1. The van der Waals surface area contributed by atoms with Crippen LogP contribution in [0.1, 0.15) is 20.8 Å². The van der Waals surface area contributed by atoms with Crippen molar-refractivity contribution < 1.29 is 22.4 Å². The fraction of sp³-hybridized carbons (Fsp3) is 0.286. The van der Waals surface area contributed by atoms with E-state index in [4.69, 9.17) is 9.15 Å². The minimum absolute atomic E-state index is 0.122. The number of hydrogen-bond donors (Lipinski definition) is 2. The molecule has 32 heavy (non-hydrogen) atoms. The summed E-state index contributed by atoms with van der Waals surface area (Å²) in [4.78, 5) is 12.0. The lowest BCUT2D eigenvalue weighted by atomic mass is 10.1. The second kappa shape index (κ2) is 9.61. The number of hydrogen-bond acceptors (Lipinski definition) is 8. The summed E-state index contributed by atoms with van der Waals surface area (Å²) in [5.74, 6) is 0.870. The predicted molar refractivity (Wildman–Crippen MR) is 122 cm³/mol. The average Bonchev–Trinajstić information content (AvgIpc) is 3.20. The summed E-state index contributed by atoms with van der Waals surface area (Å²) in [6.07, 6.45) is 0. The number of nitrogens with one attached hydrogen (secondary N) is 2. The lowest BCUT2D eigenvalue weighted by molar-refractivity contribution is -0.119. The number of amides is 1. The van der Waals surface area contributed by atoms with Crippen LogP contribution in [-0.2, 0) is 14.8 Å². The third kappa shape index (κ3) is 6.47. The third-order valence-corrected chi connectivity index (χ3v) is 6.22. The summed E-state index contributed by atoms with van der Waals surface area (Å²) in [5.41, 5.74) is 0.697. The topological polar surface area (TPSA) is 123 Å². The van der Waals surface area contributed by atoms with Gasteiger partial charge in [0.2, 0.25) is 11.8 Å². The third-order valence-electron chi connectivity index (χ3n) is 4.00. The first-order valence-electron chi connectivity index (χ1n) is 9.60. The first kappa shape index (κ1) is 23.6. The predicted octanol–water partition coefficient (Wildman–Crippen LogP) is 3.55. The van der Waals surface area contributed by atoms with E-state index in [1.54, 1.807) is 36.4 Å². The molecule has 1 amide bonds. The average molecular weight is 477 g/mol. The smallest absolute Gasteiger partial charge is 0.277 e. The van der Waals surface area contributed by atoms with Crippen molar-refractivity contribution in [2.75, 3.05) is 17.6 Å². The molecule has 0 fully saturated rings. The molecule has 2 N–H and O–H groups in total. The van der Waals surface area contributed by atoms with Crippen molar-refractivity contribution in [3.8, 4) is 17.2 Å². The Morgan fingerprint density at radius 2 is 1.72 bits per heavy atom. The standard InChI is InChI=1S/C21H24N4O5S2/c1-21(2,3)22-18(26)13-31-20-24-23-19(30-20)14-5-7-15(8-6-14)25-32(27,28)17-11-9-16(29-4)10-12-17/h5-12,25H,13H2,1-4H3,(H,22,26). The molecule has 170 valence electrons. The van der Waals surface area contributed by atoms with Gasteiger partial charge in [-0.1, -0.05) is 11.8 Å². The fourth-order valence-electron chi connectivity index (χ4n) is 2.62. The Bertz CT molecular complexity index is 1170. The first-order valence-corrected chi connectivity index (χ1v) is 12.1. The fourth-order valence-corrected chi connectivity index (χ4v) is 4.24. The van der Waals surface area contributed by atoms with Crippen LogP contribution >= 0.6 is 11.8 Å². The lowest BCUT2D eigenvalue weighted by Crippen LogP contribution is -2.41. The van der Waals surface area contributed by atoms with Gasteiger partial charge in [0.1, 0.15) is 5.75 Å². The van der Waals surface area contributed by atoms with Crippen LogP contribution < -0.4 is 14.8 Å². The highest BCUT2D eigenvalue weighted by Crippen LogP contribution is 2.25. The molecule has 0 saturated heterocycles. The molecular formula is C21H24N4O5S2. The van der Waals surface area contributed by atoms with Gasteiger partial charge in [0, 0.05) is 16.8 Å². The van der Waals surface area contributed by atoms with Gasteiger partial charge in [0.05, 0.1) is 17.8 Å². The first-order chi connectivity index (χ1) is 15.1. The normalized spacial score (nSPS) is 11.8. The number of sulfonamides is 1. The van der Waals surface area contributed by atoms with E-state index in [0.29, 0.717) is 17.0 Å². The molecule has 0 aliphatic rings. The number of aromatic nitrogens is 2. The Hall–Kier alpha value is -3.05. The highest BCUT2D eigenvalue weighted by Gasteiger charge is 2.17. The summed E-state index contributed by atoms with van der Waals surface area (Å²) in [5, 5.41) is 11.1. The van der Waals surface area contributed by atoms with Gasteiger partial charge in [-0.25, -0.2) is 8.42 Å². The monoisotopic (exact) mass is 476 g/mol. The number of nitrogens with zero attached hydrogens (tertiary/aromatic N) is 2. The Labute approximate surface area is 191 Å². The van der Waals surface area contributed by atoms with Crippen LogP contribution in [0.4, 0.5) is 5.69 Å². The zero-order valence-corrected chi connectivity index (χ0v) is 19.7. The number of thioether (sulfide) groups is 1. The zero-order chi connectivity index (χ0) is 23.4. The van der Waals surface area contributed by atoms with Crippen LogP contribution in [0.15, 0.2) is 63.1 Å². The van der Waals surface area contributed by atoms with Crippen molar-refractivity contribution in [1.29, 1.82) is 0 Å². The van der Waals surface area contributed by atoms with Gasteiger partial charge in [-0.2, -0.15) is 0 Å². The van der Waals surface area contributed by atoms with E-state index in [9.17, 15) is 13.2 Å². The molecule has 3 rings (SSSR count). The van der Waals surface area contributed by atoms with E-state index < -0.39 is 10.0 Å². The maximum absolute atomic E-state index is 12.5. The second-order valence-corrected chi connectivity index (χ2v) is 10.4. The molecule has 0 spiro atoms. The van der Waals surface area contributed by atoms with Crippen LogP contribution in [0.25, 0.3) is 11.5 Å². The molecule has 0 aliphatic carbocycles. The maximum atomic E-state index is 12.5. The van der Waals surface area contributed by atoms with Gasteiger partial charge in [-0.15, -0.1) is 10.2 Å². The van der Waals surface area contributed by atoms with Gasteiger partial charge < -0.3 is 14.5 Å². The van der Waals surface area contributed by atoms with Crippen molar-refractivity contribution in [2.45, 2.75) is 36.4 Å². The van der Waals surface area contributed by atoms with Crippen molar-refractivity contribution in [2.24, 2.45) is 0 Å². The quantitative estimate of drug-likeness (QED) is 0.473. The van der Waals surface area contributed by atoms with Crippen molar-refractivity contribution >= 4 is 33.4 Å². The highest BCUT2D eigenvalue weighted by molar-refractivity contribution is 7.99. The van der Waals surface area contributed by atoms with E-state index in [2.05, 4.69) is 20.2 Å². The van der Waals surface area contributed by atoms with Gasteiger partial charge in [-0.05, 0) is 69.3 Å². The molecule has 0 aliphatic heterocycles. The van der Waals surface area contributed by atoms with E-state index in [1.165, 1.54) is 19.2 Å². The lowest BCUT2D eigenvalue weighted by Gasteiger charge is -2.19. The van der Waals surface area contributed by atoms with Crippen LogP contribution in [0.3, 0.4) is 0 Å². The Kier molecular flexibility index (Phi) is 7.09. The molecule has 0 atom stereocenters. The number of anilines is 1. The molecule has 1 heterocycles. The zero-order valence-electron chi connectivity index (χ0n) is 18.1. The highest BCUT2D eigenvalue weighted by atomic mass is 32.2. The summed E-state index contributed by atoms with van der Waals surface area (Å²) >= 11 is 1.14. The van der Waals surface area contributed by atoms with E-state index in [1.807, 2.05) is 20.8 Å². The number of carbonyl (C=O) groups excluding carboxylic acids is 1. The molecular weight excluding hydrogens is 452 g/mol. The van der Waals surface area contributed by atoms with Crippen LogP contribution in [0, 0.1) is 0 Å². The van der Waals surface area contributed by atoms with E-state index >= 15 is 0 Å². The molecule has 0 bridgehead atoms. The molecule has 11 heteroatoms. The number of benzene rings is 2. The Balaban J connectivity index is 1.62. The molecule has 9 nitrogen and oxygen atoms in total. The molecule has 2 aromatic carbocycles. The van der Waals surface area contributed by atoms with Crippen molar-refractivity contribution in [3.05, 3.63) is 48.5 Å². The van der Waals surface area contributed by atoms with Crippen molar-refractivity contribution in [1.82, 2.24) is 15.5 Å². The van der Waals surface area contributed by atoms with Gasteiger partial charge in [-0.3, -0.25) is 9.52 Å². The molecule has 0 radical (unpaired) electrons. The van der Waals surface area contributed by atoms with Crippen molar-refractivity contribution in [3.63, 3.8) is 0 Å². The number of rotatable bonds is 8. The van der Waals surface area contributed by atoms with E-state index in [-0.39, 0.29) is 33.2 Å². The SMILES string of the molecule is COc1ccc(S(=O)(=O)Nc2ccc(-c3nnc(SCC(=O)NC(C)(C)C)o3)cc2)cc1. The van der Waals surface area contributed by atoms with E-state index in [0.717, 1.165) is 11.8 Å². The molecule has 0 unspecified atom stereocenters. The largest absolute Gasteiger partial charge is 0.497 e. The van der Waals surface area contributed by atoms with Crippen LogP contribution in [0.2, 0.25) is 0 Å². The summed E-state index contributed by atoms with van der Waals surface area (Å²) in [7, 11) is -2.23. The second-order valence-electron chi connectivity index (χ2n) is 7.82. The van der Waals surface area contributed by atoms with Crippen LogP contribution in [0.5, 0.6) is 5.75 Å².